The number of aryl methyl sites for hydroxylation is 2. The molecule has 92 valence electrons. The number of nitrogens with one attached hydrogen (secondary N) is 1. The molecule has 2 aliphatic rings. The van der Waals surface area contributed by atoms with Crippen molar-refractivity contribution in [3.63, 3.8) is 0 Å². The minimum Gasteiger partial charge on any atom is -0.385 e. The first-order valence-corrected chi connectivity index (χ1v) is 6.89. The van der Waals surface area contributed by atoms with Gasteiger partial charge in [-0.1, -0.05) is 6.07 Å². The molecular formula is C15H21NO. The third-order valence-electron chi connectivity index (χ3n) is 3.92. The maximum Gasteiger partial charge on any atom is 0.0592 e. The van der Waals surface area contributed by atoms with Gasteiger partial charge in [0.05, 0.1) is 6.10 Å². The predicted molar refractivity (Wildman–Crippen MR) is 70.5 cm³/mol. The van der Waals surface area contributed by atoms with Gasteiger partial charge in [-0.3, -0.25) is 0 Å². The molecule has 1 fully saturated rings. The van der Waals surface area contributed by atoms with E-state index in [0.717, 1.165) is 19.6 Å². The molecule has 0 aromatic heterocycles. The van der Waals surface area contributed by atoms with Gasteiger partial charge in [0.2, 0.25) is 0 Å². The van der Waals surface area contributed by atoms with Crippen LogP contribution in [-0.2, 0) is 17.6 Å². The fraction of sp³-hybridized carbons (Fsp3) is 0.600. The summed E-state index contributed by atoms with van der Waals surface area (Å²) in [6.45, 7) is 1.99. The number of rotatable bonds is 4. The highest BCUT2D eigenvalue weighted by Crippen LogP contribution is 2.25. The van der Waals surface area contributed by atoms with Crippen LogP contribution >= 0.6 is 0 Å². The average Bonchev–Trinajstić information content (AvgIpc) is 2.98. The van der Waals surface area contributed by atoms with Crippen molar-refractivity contribution in [3.8, 4) is 0 Å². The van der Waals surface area contributed by atoms with E-state index in [4.69, 9.17) is 4.74 Å². The van der Waals surface area contributed by atoms with Crippen molar-refractivity contribution in [1.29, 1.82) is 0 Å². The molecule has 0 saturated carbocycles. The first-order valence-electron chi connectivity index (χ1n) is 6.89. The first-order chi connectivity index (χ1) is 8.42. The molecule has 0 radical (unpaired) electrons. The fourth-order valence-corrected chi connectivity index (χ4v) is 2.93. The van der Waals surface area contributed by atoms with Crippen molar-refractivity contribution in [1.82, 2.24) is 0 Å². The summed E-state index contributed by atoms with van der Waals surface area (Å²) >= 11 is 0. The molecule has 1 atom stereocenters. The van der Waals surface area contributed by atoms with E-state index in [1.54, 1.807) is 11.1 Å². The van der Waals surface area contributed by atoms with Gasteiger partial charge in [-0.05, 0) is 61.8 Å². The number of hydrogen-bond acceptors (Lipinski definition) is 2. The molecule has 2 nitrogen and oxygen atoms in total. The predicted octanol–water partition coefficient (Wildman–Crippen LogP) is 3.16. The van der Waals surface area contributed by atoms with Crippen molar-refractivity contribution < 1.29 is 4.74 Å². The normalized spacial score (nSPS) is 22.7. The maximum atomic E-state index is 5.62. The lowest BCUT2D eigenvalue weighted by molar-refractivity contribution is 0.107. The third kappa shape index (κ3) is 2.63. The van der Waals surface area contributed by atoms with Gasteiger partial charge in [0.1, 0.15) is 0 Å². The number of anilines is 1. The summed E-state index contributed by atoms with van der Waals surface area (Å²) in [4.78, 5) is 0. The van der Waals surface area contributed by atoms with Gasteiger partial charge in [0.15, 0.2) is 0 Å². The van der Waals surface area contributed by atoms with Crippen LogP contribution < -0.4 is 5.32 Å². The third-order valence-corrected chi connectivity index (χ3v) is 3.92. The summed E-state index contributed by atoms with van der Waals surface area (Å²) in [5.74, 6) is 0. The summed E-state index contributed by atoms with van der Waals surface area (Å²) in [7, 11) is 0. The van der Waals surface area contributed by atoms with Gasteiger partial charge in [0.25, 0.3) is 0 Å². The van der Waals surface area contributed by atoms with Gasteiger partial charge < -0.3 is 10.1 Å². The zero-order valence-electron chi connectivity index (χ0n) is 10.4. The van der Waals surface area contributed by atoms with E-state index >= 15 is 0 Å². The summed E-state index contributed by atoms with van der Waals surface area (Å²) in [5.41, 5.74) is 4.38. The molecule has 1 heterocycles. The van der Waals surface area contributed by atoms with Crippen molar-refractivity contribution in [3.05, 3.63) is 29.3 Å². The number of ether oxygens (including phenoxy) is 1. The molecule has 1 aliphatic carbocycles. The SMILES string of the molecule is c1cc2c(cc1NCCC1CCCO1)CCC2. The van der Waals surface area contributed by atoms with Crippen LogP contribution in [0.2, 0.25) is 0 Å². The molecule has 1 N–H and O–H groups in total. The molecule has 1 aromatic rings. The second-order valence-electron chi connectivity index (χ2n) is 5.19. The van der Waals surface area contributed by atoms with E-state index in [1.807, 2.05) is 0 Å². The highest BCUT2D eigenvalue weighted by atomic mass is 16.5. The highest BCUT2D eigenvalue weighted by Gasteiger charge is 2.15. The number of fused-ring (bicyclic) bond motifs is 1. The minimum absolute atomic E-state index is 0.497. The fourth-order valence-electron chi connectivity index (χ4n) is 2.93. The van der Waals surface area contributed by atoms with Crippen LogP contribution in [0.25, 0.3) is 0 Å². The lowest BCUT2D eigenvalue weighted by atomic mass is 10.1. The molecule has 1 aliphatic heterocycles. The van der Waals surface area contributed by atoms with Crippen LogP contribution in [0.4, 0.5) is 5.69 Å². The smallest absolute Gasteiger partial charge is 0.0592 e. The lowest BCUT2D eigenvalue weighted by Gasteiger charge is -2.11. The van der Waals surface area contributed by atoms with E-state index in [-0.39, 0.29) is 0 Å². The average molecular weight is 231 g/mol. The first kappa shape index (κ1) is 11.1. The Hall–Kier alpha value is -1.02. The molecular weight excluding hydrogens is 210 g/mol. The molecule has 1 unspecified atom stereocenters. The minimum atomic E-state index is 0.497. The summed E-state index contributed by atoms with van der Waals surface area (Å²) in [6.07, 6.45) is 7.97. The number of benzene rings is 1. The van der Waals surface area contributed by atoms with Crippen LogP contribution in [0, 0.1) is 0 Å². The Balaban J connectivity index is 1.51. The molecule has 0 spiro atoms. The Morgan fingerprint density at radius 1 is 1.18 bits per heavy atom. The summed E-state index contributed by atoms with van der Waals surface area (Å²) in [5, 5.41) is 3.52. The zero-order valence-corrected chi connectivity index (χ0v) is 10.4. The van der Waals surface area contributed by atoms with Gasteiger partial charge in [-0.2, -0.15) is 0 Å². The molecule has 1 saturated heterocycles. The highest BCUT2D eigenvalue weighted by molar-refractivity contribution is 5.50. The van der Waals surface area contributed by atoms with E-state index in [1.165, 1.54) is 37.8 Å². The molecule has 0 amide bonds. The Kier molecular flexibility index (Phi) is 3.32. The Morgan fingerprint density at radius 3 is 3.00 bits per heavy atom. The zero-order chi connectivity index (χ0) is 11.5. The molecule has 1 aromatic carbocycles. The monoisotopic (exact) mass is 231 g/mol. The van der Waals surface area contributed by atoms with Gasteiger partial charge >= 0.3 is 0 Å². The lowest BCUT2D eigenvalue weighted by Crippen LogP contribution is -2.12. The van der Waals surface area contributed by atoms with E-state index in [2.05, 4.69) is 23.5 Å². The number of hydrogen-bond donors (Lipinski definition) is 1. The summed E-state index contributed by atoms with van der Waals surface area (Å²) in [6, 6.07) is 6.84. The van der Waals surface area contributed by atoms with E-state index in [0.29, 0.717) is 6.10 Å². The quantitative estimate of drug-likeness (QED) is 0.859. The molecule has 3 rings (SSSR count). The Labute approximate surface area is 103 Å². The molecule has 17 heavy (non-hydrogen) atoms. The van der Waals surface area contributed by atoms with E-state index in [9.17, 15) is 0 Å². The Bertz CT molecular complexity index is 383. The standard InChI is InChI=1S/C15H21NO/c1-3-12-6-7-14(11-13(12)4-1)16-9-8-15-5-2-10-17-15/h6-7,11,15-16H,1-5,8-10H2. The molecule has 2 heteroatoms. The van der Waals surface area contributed by atoms with Crippen molar-refractivity contribution in [2.45, 2.75) is 44.6 Å². The second-order valence-corrected chi connectivity index (χ2v) is 5.19. The van der Waals surface area contributed by atoms with Gasteiger partial charge in [-0.25, -0.2) is 0 Å². The van der Waals surface area contributed by atoms with Crippen LogP contribution in [0.15, 0.2) is 18.2 Å². The van der Waals surface area contributed by atoms with Gasteiger partial charge in [-0.15, -0.1) is 0 Å². The molecule has 0 bridgehead atoms. The van der Waals surface area contributed by atoms with Crippen LogP contribution in [0.3, 0.4) is 0 Å². The second kappa shape index (κ2) is 5.09. The summed E-state index contributed by atoms with van der Waals surface area (Å²) < 4.78 is 5.62. The van der Waals surface area contributed by atoms with Crippen molar-refractivity contribution in [2.24, 2.45) is 0 Å². The van der Waals surface area contributed by atoms with Crippen molar-refractivity contribution >= 4 is 5.69 Å². The largest absolute Gasteiger partial charge is 0.385 e. The maximum absolute atomic E-state index is 5.62. The van der Waals surface area contributed by atoms with Crippen LogP contribution in [0.1, 0.15) is 36.8 Å². The topological polar surface area (TPSA) is 21.3 Å². The van der Waals surface area contributed by atoms with Crippen LogP contribution in [0.5, 0.6) is 0 Å². The van der Waals surface area contributed by atoms with Gasteiger partial charge in [0, 0.05) is 18.8 Å². The van der Waals surface area contributed by atoms with Crippen LogP contribution in [-0.4, -0.2) is 19.3 Å². The van der Waals surface area contributed by atoms with Crippen molar-refractivity contribution in [2.75, 3.05) is 18.5 Å². The van der Waals surface area contributed by atoms with E-state index < -0.39 is 0 Å². The Morgan fingerprint density at radius 2 is 2.12 bits per heavy atom.